The van der Waals surface area contributed by atoms with Gasteiger partial charge in [0.15, 0.2) is 0 Å². The van der Waals surface area contributed by atoms with Crippen LogP contribution in [0.25, 0.3) is 0 Å². The Hall–Kier alpha value is -1.65. The van der Waals surface area contributed by atoms with Gasteiger partial charge < -0.3 is 0 Å². The number of imide groups is 2. The molecule has 2 fully saturated rings. The summed E-state index contributed by atoms with van der Waals surface area (Å²) in [5.41, 5.74) is -0.232. The third-order valence-corrected chi connectivity index (χ3v) is 5.19. The van der Waals surface area contributed by atoms with Gasteiger partial charge in [-0.3, -0.25) is 19.8 Å². The molecule has 1 saturated carbocycles. The van der Waals surface area contributed by atoms with Gasteiger partial charge in [-0.1, -0.05) is 13.0 Å². The average Bonchev–Trinajstić information content (AvgIpc) is 2.76. The van der Waals surface area contributed by atoms with Gasteiger partial charge in [-0.25, -0.2) is 4.79 Å². The Labute approximate surface area is 118 Å². The zero-order valence-corrected chi connectivity index (χ0v) is 11.9. The molecule has 2 aliphatic carbocycles. The number of rotatable bonds is 2. The predicted octanol–water partition coefficient (Wildman–Crippen LogP) is 1.84. The van der Waals surface area contributed by atoms with Gasteiger partial charge in [0.25, 0.3) is 0 Å². The van der Waals surface area contributed by atoms with Gasteiger partial charge in [0, 0.05) is 7.05 Å². The van der Waals surface area contributed by atoms with E-state index >= 15 is 0 Å². The van der Waals surface area contributed by atoms with Crippen molar-refractivity contribution in [3.8, 4) is 0 Å². The van der Waals surface area contributed by atoms with E-state index < -0.39 is 17.4 Å². The quantitative estimate of drug-likeness (QED) is 0.618. The number of amides is 4. The van der Waals surface area contributed by atoms with Gasteiger partial charge in [0.05, 0.1) is 0 Å². The summed E-state index contributed by atoms with van der Waals surface area (Å²) >= 11 is 0. The molecule has 3 aliphatic rings. The van der Waals surface area contributed by atoms with E-state index in [2.05, 4.69) is 11.4 Å². The number of fused-ring (bicyclic) bond motifs is 2. The molecule has 108 valence electrons. The Morgan fingerprint density at radius 2 is 2.10 bits per heavy atom. The third-order valence-electron chi connectivity index (χ3n) is 5.19. The summed E-state index contributed by atoms with van der Waals surface area (Å²) in [6.45, 7) is 1.85. The fraction of sp³-hybridized carbons (Fsp3) is 0.667. The summed E-state index contributed by atoms with van der Waals surface area (Å²) in [4.78, 5) is 37.7. The van der Waals surface area contributed by atoms with E-state index in [1.54, 1.807) is 0 Å². The lowest BCUT2D eigenvalue weighted by molar-refractivity contribution is -0.148. The van der Waals surface area contributed by atoms with Crippen LogP contribution in [0.3, 0.4) is 0 Å². The number of allylic oxidation sites excluding steroid dienone is 1. The highest BCUT2D eigenvalue weighted by atomic mass is 16.2. The highest BCUT2D eigenvalue weighted by molar-refractivity contribution is 6.20. The molecule has 0 spiro atoms. The average molecular weight is 276 g/mol. The molecule has 3 rings (SSSR count). The van der Waals surface area contributed by atoms with Crippen molar-refractivity contribution >= 4 is 17.8 Å². The van der Waals surface area contributed by atoms with Crippen LogP contribution in [-0.4, -0.2) is 29.8 Å². The smallest absolute Gasteiger partial charge is 0.276 e. The van der Waals surface area contributed by atoms with Gasteiger partial charge in [0.1, 0.15) is 5.41 Å². The Bertz CT molecular complexity index is 525. The van der Waals surface area contributed by atoms with Crippen LogP contribution in [0.5, 0.6) is 0 Å². The summed E-state index contributed by atoms with van der Waals surface area (Å²) in [5, 5.41) is 2.34. The van der Waals surface area contributed by atoms with E-state index in [4.69, 9.17) is 0 Å². The molecule has 0 aromatic carbocycles. The van der Waals surface area contributed by atoms with E-state index in [1.165, 1.54) is 19.9 Å². The molecule has 4 amide bonds. The lowest BCUT2D eigenvalue weighted by atomic mass is 9.69. The van der Waals surface area contributed by atoms with Crippen LogP contribution >= 0.6 is 0 Å². The maximum absolute atomic E-state index is 12.6. The van der Waals surface area contributed by atoms with Crippen LogP contribution in [-0.2, 0) is 9.59 Å². The van der Waals surface area contributed by atoms with Gasteiger partial charge in [-0.05, 0) is 49.5 Å². The van der Waals surface area contributed by atoms with Gasteiger partial charge in [-0.2, -0.15) is 0 Å². The highest BCUT2D eigenvalue weighted by Crippen LogP contribution is 2.48. The molecule has 1 N–H and O–H groups in total. The SMILES string of the molecule is CCC1(C2=CC3CCC(C2)C3)C(=O)NC(=O)N(C)C1=O. The Morgan fingerprint density at radius 1 is 1.35 bits per heavy atom. The standard InChI is InChI=1S/C15H20N2O3/c1-3-15(11-7-9-4-5-10(6-9)8-11)12(18)16-14(20)17(2)13(15)19/h7,9-10H,3-6,8H2,1-2H3,(H,16,18,20). The second-order valence-electron chi connectivity index (χ2n) is 6.22. The molecule has 1 aliphatic heterocycles. The molecule has 20 heavy (non-hydrogen) atoms. The van der Waals surface area contributed by atoms with E-state index in [1.807, 2.05) is 6.92 Å². The maximum atomic E-state index is 12.6. The minimum Gasteiger partial charge on any atom is -0.276 e. The van der Waals surface area contributed by atoms with Crippen molar-refractivity contribution in [1.82, 2.24) is 10.2 Å². The van der Waals surface area contributed by atoms with Crippen molar-refractivity contribution in [3.05, 3.63) is 11.6 Å². The van der Waals surface area contributed by atoms with Crippen LogP contribution in [0.4, 0.5) is 4.79 Å². The first-order chi connectivity index (χ1) is 9.49. The molecule has 5 nitrogen and oxygen atoms in total. The Kier molecular flexibility index (Phi) is 2.96. The Balaban J connectivity index is 2.04. The molecule has 0 aromatic heterocycles. The second kappa shape index (κ2) is 4.43. The lowest BCUT2D eigenvalue weighted by Crippen LogP contribution is -2.63. The lowest BCUT2D eigenvalue weighted by Gasteiger charge is -2.40. The molecule has 3 unspecified atom stereocenters. The zero-order valence-electron chi connectivity index (χ0n) is 11.9. The molecule has 3 atom stereocenters. The van der Waals surface area contributed by atoms with Gasteiger partial charge in [0.2, 0.25) is 11.8 Å². The largest absolute Gasteiger partial charge is 0.330 e. The molecule has 0 aromatic rings. The predicted molar refractivity (Wildman–Crippen MR) is 72.6 cm³/mol. The van der Waals surface area contributed by atoms with E-state index in [0.29, 0.717) is 18.3 Å². The monoisotopic (exact) mass is 276 g/mol. The molecule has 1 heterocycles. The van der Waals surface area contributed by atoms with Crippen LogP contribution in [0.15, 0.2) is 11.6 Å². The van der Waals surface area contributed by atoms with Crippen LogP contribution < -0.4 is 5.32 Å². The van der Waals surface area contributed by atoms with Crippen molar-refractivity contribution in [1.29, 1.82) is 0 Å². The number of carbonyl (C=O) groups excluding carboxylic acids is 3. The maximum Gasteiger partial charge on any atom is 0.330 e. The number of urea groups is 1. The fourth-order valence-electron chi connectivity index (χ4n) is 4.02. The first-order valence-corrected chi connectivity index (χ1v) is 7.33. The molecule has 0 radical (unpaired) electrons. The van der Waals surface area contributed by atoms with Gasteiger partial charge in [-0.15, -0.1) is 0 Å². The molecule has 5 heteroatoms. The first-order valence-electron chi connectivity index (χ1n) is 7.33. The second-order valence-corrected chi connectivity index (χ2v) is 6.22. The van der Waals surface area contributed by atoms with E-state index in [9.17, 15) is 14.4 Å². The van der Waals surface area contributed by atoms with Crippen molar-refractivity contribution in [3.63, 3.8) is 0 Å². The first kappa shape index (κ1) is 13.3. The number of barbiturate groups is 1. The normalized spacial score (nSPS) is 37.0. The minimum absolute atomic E-state index is 0.374. The number of hydrogen-bond acceptors (Lipinski definition) is 3. The van der Waals surface area contributed by atoms with E-state index in [-0.39, 0.29) is 5.91 Å². The van der Waals surface area contributed by atoms with Crippen molar-refractivity contribution in [2.24, 2.45) is 17.3 Å². The van der Waals surface area contributed by atoms with Crippen LogP contribution in [0, 0.1) is 17.3 Å². The summed E-state index contributed by atoms with van der Waals surface area (Å²) in [7, 11) is 1.44. The number of nitrogens with one attached hydrogen (secondary N) is 1. The van der Waals surface area contributed by atoms with E-state index in [0.717, 1.165) is 23.3 Å². The number of nitrogens with zero attached hydrogens (tertiary/aromatic N) is 1. The molecule has 2 bridgehead atoms. The Morgan fingerprint density at radius 3 is 2.75 bits per heavy atom. The van der Waals surface area contributed by atoms with Crippen molar-refractivity contribution in [2.45, 2.75) is 39.0 Å². The fourth-order valence-corrected chi connectivity index (χ4v) is 4.02. The van der Waals surface area contributed by atoms with Crippen LogP contribution in [0.1, 0.15) is 39.0 Å². The topological polar surface area (TPSA) is 66.5 Å². The zero-order chi connectivity index (χ0) is 14.5. The summed E-state index contributed by atoms with van der Waals surface area (Å²) < 4.78 is 0. The van der Waals surface area contributed by atoms with Gasteiger partial charge >= 0.3 is 6.03 Å². The van der Waals surface area contributed by atoms with Crippen molar-refractivity contribution < 1.29 is 14.4 Å². The molecule has 1 saturated heterocycles. The number of carbonyl (C=O) groups is 3. The molecular formula is C15H20N2O3. The highest BCUT2D eigenvalue weighted by Gasteiger charge is 2.55. The van der Waals surface area contributed by atoms with Crippen molar-refractivity contribution in [2.75, 3.05) is 7.05 Å². The summed E-state index contributed by atoms with van der Waals surface area (Å²) in [6.07, 6.45) is 6.85. The number of hydrogen-bond donors (Lipinski definition) is 1. The summed E-state index contributed by atoms with van der Waals surface area (Å²) in [5.74, 6) is 0.268. The minimum atomic E-state index is -1.16. The molecular weight excluding hydrogens is 256 g/mol. The third kappa shape index (κ3) is 1.65. The van der Waals surface area contributed by atoms with Crippen LogP contribution in [0.2, 0.25) is 0 Å². The summed E-state index contributed by atoms with van der Waals surface area (Å²) in [6, 6.07) is -0.622.